The first-order valence-electron chi connectivity index (χ1n) is 11.9. The van der Waals surface area contributed by atoms with Gasteiger partial charge < -0.3 is 24.2 Å². The molecule has 0 saturated heterocycles. The third kappa shape index (κ3) is 9.77. The molecule has 0 radical (unpaired) electrons. The number of para-hydroxylation sites is 2. The fraction of sp³-hybridized carbons (Fsp3) is 0.286. The zero-order valence-electron chi connectivity index (χ0n) is 21.9. The number of hydrogen-bond donors (Lipinski definition) is 2. The van der Waals surface area contributed by atoms with Crippen molar-refractivity contribution >= 4 is 48.1 Å². The summed E-state index contributed by atoms with van der Waals surface area (Å²) in [6, 6.07) is 16.7. The van der Waals surface area contributed by atoms with Crippen molar-refractivity contribution < 1.29 is 38.5 Å². The lowest BCUT2D eigenvalue weighted by molar-refractivity contribution is -0.139. The molecule has 3 heterocycles. The number of Topliss-reactive ketones (excluding diaryl/α,β-unsaturated/α-hetero) is 1. The number of carboxylic acid groups (broad SMARTS) is 1. The van der Waals surface area contributed by atoms with Crippen molar-refractivity contribution in [3.05, 3.63) is 70.6 Å². The third-order valence-corrected chi connectivity index (χ3v) is 6.41. The molecular weight excluding hydrogens is 542 g/mol. The van der Waals surface area contributed by atoms with Gasteiger partial charge in [0.05, 0.1) is 24.5 Å². The number of carbonyl (C=O) groups is 4. The van der Waals surface area contributed by atoms with Gasteiger partial charge in [-0.25, -0.2) is 4.79 Å². The van der Waals surface area contributed by atoms with Crippen LogP contribution in [0.1, 0.15) is 38.9 Å². The highest BCUT2D eigenvalue weighted by Crippen LogP contribution is 2.42. The van der Waals surface area contributed by atoms with Crippen molar-refractivity contribution in [3.63, 3.8) is 0 Å². The van der Waals surface area contributed by atoms with Gasteiger partial charge in [-0.2, -0.15) is 12.6 Å². The fourth-order valence-corrected chi connectivity index (χ4v) is 4.35. The highest BCUT2D eigenvalue weighted by molar-refractivity contribution is 7.81. The molecule has 39 heavy (non-hydrogen) atoms. The molecule has 5 rings (SSSR count). The first-order valence-corrected chi connectivity index (χ1v) is 13.4. The molecule has 1 amide bonds. The Balaban J connectivity index is 0.000000202. The summed E-state index contributed by atoms with van der Waals surface area (Å²) in [6.45, 7) is 3.19. The second-order valence-electron chi connectivity index (χ2n) is 8.10. The van der Waals surface area contributed by atoms with Crippen LogP contribution in [-0.4, -0.2) is 67.2 Å². The normalized spacial score (nSPS) is 11.8. The maximum atomic E-state index is 11.2. The number of nitrogens with zero attached hydrogens (tertiary/aromatic N) is 1. The monoisotopic (exact) mass is 573 g/mol. The van der Waals surface area contributed by atoms with Crippen LogP contribution < -0.4 is 9.47 Å². The quantitative estimate of drug-likeness (QED) is 0.259. The highest BCUT2D eigenvalue weighted by Gasteiger charge is 2.22. The minimum Gasteiger partial charge on any atom is -0.492 e. The standard InChI is InChI=1S/C12H8O3S.C9H8O2.C4H8O2S.C3H7NO/c13-12(14)10-5-7-6-15-9-4-2-1-3-8(9)11(7)16-10;10-8-5-6-11-9-4-2-1-3-7(8)9;1-2-6-4(5)3-7;1-4(2)3-5/h1-5H,6H2,(H,13,14);1-4H,5-6H2;7H,2-3H2,1H3;3H,1-2H3. The smallest absolute Gasteiger partial charge is 0.345 e. The van der Waals surface area contributed by atoms with Crippen LogP contribution in [0.3, 0.4) is 0 Å². The SMILES string of the molecule is CCOC(=O)CS.CN(C)C=O.O=C(O)c1cc2c(s1)-c1ccccc1OC2.O=C1CCOc2ccccc21. The Kier molecular flexibility index (Phi) is 13.0. The summed E-state index contributed by atoms with van der Waals surface area (Å²) in [5.74, 6) is 0.778. The van der Waals surface area contributed by atoms with E-state index in [-0.39, 0.29) is 17.5 Å². The van der Waals surface area contributed by atoms with Crippen molar-refractivity contribution in [2.45, 2.75) is 20.0 Å². The molecule has 0 spiro atoms. The molecule has 0 unspecified atom stereocenters. The number of benzene rings is 2. The van der Waals surface area contributed by atoms with Gasteiger partial charge in [-0.1, -0.05) is 24.3 Å². The number of fused-ring (bicyclic) bond motifs is 4. The lowest BCUT2D eigenvalue weighted by atomic mass is 10.1. The Morgan fingerprint density at radius 2 is 1.67 bits per heavy atom. The van der Waals surface area contributed by atoms with Crippen molar-refractivity contribution in [1.82, 2.24) is 4.90 Å². The van der Waals surface area contributed by atoms with E-state index in [1.54, 1.807) is 33.2 Å². The second kappa shape index (κ2) is 16.2. The topological polar surface area (TPSA) is 119 Å². The first kappa shape index (κ1) is 31.4. The molecule has 9 nitrogen and oxygen atoms in total. The summed E-state index contributed by atoms with van der Waals surface area (Å²) in [5.41, 5.74) is 2.67. The number of carbonyl (C=O) groups excluding carboxylic acids is 3. The van der Waals surface area contributed by atoms with Crippen LogP contribution >= 0.6 is 24.0 Å². The van der Waals surface area contributed by atoms with Gasteiger partial charge in [-0.15, -0.1) is 11.3 Å². The van der Waals surface area contributed by atoms with E-state index in [4.69, 9.17) is 14.6 Å². The number of esters is 1. The Labute approximate surface area is 236 Å². The number of hydrogen-bond acceptors (Lipinski definition) is 9. The molecular formula is C28H31NO8S2. The number of thiol groups is 1. The molecule has 0 atom stereocenters. The van der Waals surface area contributed by atoms with E-state index in [9.17, 15) is 19.2 Å². The lowest BCUT2D eigenvalue weighted by Gasteiger charge is -2.16. The number of ether oxygens (including phenoxy) is 3. The number of amides is 1. The predicted octanol–water partition coefficient (Wildman–Crippen LogP) is 4.84. The molecule has 208 valence electrons. The van der Waals surface area contributed by atoms with Gasteiger partial charge in [0, 0.05) is 36.5 Å². The molecule has 0 bridgehead atoms. The van der Waals surface area contributed by atoms with Crippen molar-refractivity contribution in [3.8, 4) is 21.9 Å². The number of thiophene rings is 1. The summed E-state index contributed by atoms with van der Waals surface area (Å²) >= 11 is 4.98. The van der Waals surface area contributed by atoms with E-state index in [1.165, 1.54) is 16.2 Å². The van der Waals surface area contributed by atoms with Gasteiger partial charge in [0.1, 0.15) is 23.0 Å². The molecule has 0 saturated carbocycles. The first-order chi connectivity index (χ1) is 18.7. The Bertz CT molecular complexity index is 1270. The van der Waals surface area contributed by atoms with E-state index in [0.29, 0.717) is 31.1 Å². The van der Waals surface area contributed by atoms with Crippen molar-refractivity contribution in [2.75, 3.05) is 33.1 Å². The average Bonchev–Trinajstić information content (AvgIpc) is 3.40. The summed E-state index contributed by atoms with van der Waals surface area (Å²) in [6.07, 6.45) is 1.26. The Morgan fingerprint density at radius 3 is 2.18 bits per heavy atom. The zero-order chi connectivity index (χ0) is 28.8. The highest BCUT2D eigenvalue weighted by atomic mass is 32.1. The minimum absolute atomic E-state index is 0.174. The van der Waals surface area contributed by atoms with Gasteiger partial charge >= 0.3 is 11.9 Å². The molecule has 2 aliphatic heterocycles. The van der Waals surface area contributed by atoms with Crippen LogP contribution in [-0.2, 0) is 20.9 Å². The lowest BCUT2D eigenvalue weighted by Crippen LogP contribution is -2.14. The van der Waals surface area contributed by atoms with Crippen LogP contribution in [0, 0.1) is 0 Å². The number of rotatable bonds is 4. The molecule has 2 aromatic carbocycles. The molecule has 1 N–H and O–H groups in total. The third-order valence-electron chi connectivity index (χ3n) is 4.95. The van der Waals surface area contributed by atoms with Crippen molar-refractivity contribution in [1.29, 1.82) is 0 Å². The van der Waals surface area contributed by atoms with Crippen LogP contribution in [0.2, 0.25) is 0 Å². The summed E-state index contributed by atoms with van der Waals surface area (Å²) in [4.78, 5) is 44.5. The van der Waals surface area contributed by atoms with Crippen LogP contribution in [0.4, 0.5) is 0 Å². The van der Waals surface area contributed by atoms with E-state index in [2.05, 4.69) is 17.4 Å². The maximum Gasteiger partial charge on any atom is 0.345 e. The van der Waals surface area contributed by atoms with Gasteiger partial charge in [0.15, 0.2) is 5.78 Å². The van der Waals surface area contributed by atoms with E-state index < -0.39 is 5.97 Å². The Hall–Kier alpha value is -3.83. The second-order valence-corrected chi connectivity index (χ2v) is 9.47. The van der Waals surface area contributed by atoms with Gasteiger partial charge in [-0.05, 0) is 37.3 Å². The maximum absolute atomic E-state index is 11.2. The van der Waals surface area contributed by atoms with E-state index in [0.717, 1.165) is 39.5 Å². The van der Waals surface area contributed by atoms with Crippen molar-refractivity contribution in [2.24, 2.45) is 0 Å². The van der Waals surface area contributed by atoms with Crippen LogP contribution in [0.15, 0.2) is 54.6 Å². The minimum atomic E-state index is -0.878. The van der Waals surface area contributed by atoms with Crippen LogP contribution in [0.25, 0.3) is 10.4 Å². The Morgan fingerprint density at radius 1 is 1.08 bits per heavy atom. The van der Waals surface area contributed by atoms with E-state index >= 15 is 0 Å². The molecule has 0 aliphatic carbocycles. The molecule has 11 heteroatoms. The number of ketones is 1. The summed E-state index contributed by atoms with van der Waals surface area (Å²) in [7, 11) is 3.38. The molecule has 0 fully saturated rings. The fourth-order valence-electron chi connectivity index (χ4n) is 3.22. The summed E-state index contributed by atoms with van der Waals surface area (Å²) < 4.78 is 15.3. The zero-order valence-corrected chi connectivity index (χ0v) is 23.6. The molecule has 1 aromatic heterocycles. The average molecular weight is 574 g/mol. The predicted molar refractivity (Wildman–Crippen MR) is 152 cm³/mol. The summed E-state index contributed by atoms with van der Waals surface area (Å²) in [5, 5.41) is 8.95. The van der Waals surface area contributed by atoms with E-state index in [1.807, 2.05) is 42.5 Å². The number of aromatic carboxylic acids is 1. The largest absolute Gasteiger partial charge is 0.492 e. The molecule has 2 aliphatic rings. The molecule has 3 aromatic rings. The van der Waals surface area contributed by atoms with Crippen LogP contribution in [0.5, 0.6) is 11.5 Å². The van der Waals surface area contributed by atoms with Gasteiger partial charge in [-0.3, -0.25) is 14.4 Å². The van der Waals surface area contributed by atoms with Gasteiger partial charge in [0.2, 0.25) is 6.41 Å². The van der Waals surface area contributed by atoms with Gasteiger partial charge in [0.25, 0.3) is 0 Å². The number of carboxylic acids is 1.